The third kappa shape index (κ3) is 3.50. The number of rotatable bonds is 4. The fourth-order valence-corrected chi connectivity index (χ4v) is 3.39. The molecule has 1 N–H and O–H groups in total. The number of aryl methyl sites for hydroxylation is 2. The van der Waals surface area contributed by atoms with Crippen molar-refractivity contribution in [3.63, 3.8) is 0 Å². The fraction of sp³-hybridized carbons (Fsp3) is 0.421. The van der Waals surface area contributed by atoms with E-state index in [-0.39, 0.29) is 11.9 Å². The molecule has 1 atom stereocenters. The summed E-state index contributed by atoms with van der Waals surface area (Å²) < 4.78 is 0. The van der Waals surface area contributed by atoms with Gasteiger partial charge in [-0.2, -0.15) is 10.4 Å². The number of likely N-dealkylation sites (tertiary alicyclic amines) is 1. The SMILES string of the molecule is Cc1n[nH]c(C)c1CC(=O)N1CCC(N(C)c2cccc(C#N)c2)C1. The summed E-state index contributed by atoms with van der Waals surface area (Å²) in [5.41, 5.74) is 4.53. The second-order valence-corrected chi connectivity index (χ2v) is 6.64. The van der Waals surface area contributed by atoms with E-state index in [4.69, 9.17) is 5.26 Å². The van der Waals surface area contributed by atoms with E-state index in [1.165, 1.54) is 0 Å². The summed E-state index contributed by atoms with van der Waals surface area (Å²) in [6.45, 7) is 5.35. The first-order valence-corrected chi connectivity index (χ1v) is 8.50. The Hall–Kier alpha value is -2.81. The fourth-order valence-electron chi connectivity index (χ4n) is 3.39. The molecule has 1 amide bonds. The number of benzene rings is 1. The zero-order chi connectivity index (χ0) is 18.0. The van der Waals surface area contributed by atoms with Gasteiger partial charge in [-0.15, -0.1) is 0 Å². The highest BCUT2D eigenvalue weighted by molar-refractivity contribution is 5.79. The predicted octanol–water partition coefficient (Wildman–Crippen LogP) is 2.18. The van der Waals surface area contributed by atoms with Crippen LogP contribution < -0.4 is 4.90 Å². The van der Waals surface area contributed by atoms with E-state index in [9.17, 15) is 4.79 Å². The van der Waals surface area contributed by atoms with Crippen molar-refractivity contribution in [1.82, 2.24) is 15.1 Å². The van der Waals surface area contributed by atoms with Gasteiger partial charge in [0.1, 0.15) is 0 Å². The average molecular weight is 337 g/mol. The van der Waals surface area contributed by atoms with Crippen molar-refractivity contribution < 1.29 is 4.79 Å². The number of likely N-dealkylation sites (N-methyl/N-ethyl adjacent to an activating group) is 1. The van der Waals surface area contributed by atoms with Crippen molar-refractivity contribution >= 4 is 11.6 Å². The maximum Gasteiger partial charge on any atom is 0.227 e. The molecule has 2 aromatic rings. The Morgan fingerprint density at radius 1 is 1.48 bits per heavy atom. The number of nitrogens with zero attached hydrogens (tertiary/aromatic N) is 4. The number of carbonyl (C=O) groups excluding carboxylic acids is 1. The van der Waals surface area contributed by atoms with E-state index >= 15 is 0 Å². The van der Waals surface area contributed by atoms with Gasteiger partial charge < -0.3 is 9.80 Å². The number of hydrogen-bond donors (Lipinski definition) is 1. The largest absolute Gasteiger partial charge is 0.370 e. The Bertz CT molecular complexity index is 800. The van der Waals surface area contributed by atoms with Crippen LogP contribution in [0.3, 0.4) is 0 Å². The molecular formula is C19H23N5O. The summed E-state index contributed by atoms with van der Waals surface area (Å²) in [6.07, 6.45) is 1.33. The number of H-pyrrole nitrogens is 1. The molecule has 130 valence electrons. The molecule has 1 fully saturated rings. The first-order chi connectivity index (χ1) is 12.0. The van der Waals surface area contributed by atoms with Gasteiger partial charge in [-0.05, 0) is 38.5 Å². The molecule has 1 aliphatic heterocycles. The van der Waals surface area contributed by atoms with Gasteiger partial charge in [-0.25, -0.2) is 0 Å². The van der Waals surface area contributed by atoms with Gasteiger partial charge in [-0.1, -0.05) is 6.07 Å². The highest BCUT2D eigenvalue weighted by Crippen LogP contribution is 2.23. The maximum atomic E-state index is 12.6. The number of nitrogens with one attached hydrogen (secondary N) is 1. The molecule has 2 heterocycles. The van der Waals surface area contributed by atoms with E-state index in [1.807, 2.05) is 44.0 Å². The van der Waals surface area contributed by atoms with Crippen LogP contribution >= 0.6 is 0 Å². The first-order valence-electron chi connectivity index (χ1n) is 8.50. The van der Waals surface area contributed by atoms with Gasteiger partial charge in [0.2, 0.25) is 5.91 Å². The van der Waals surface area contributed by atoms with Crippen molar-refractivity contribution in [2.75, 3.05) is 25.0 Å². The summed E-state index contributed by atoms with van der Waals surface area (Å²) in [7, 11) is 2.03. The summed E-state index contributed by atoms with van der Waals surface area (Å²) in [5, 5.41) is 16.2. The van der Waals surface area contributed by atoms with E-state index in [2.05, 4.69) is 21.2 Å². The molecule has 0 bridgehead atoms. The second kappa shape index (κ2) is 6.98. The highest BCUT2D eigenvalue weighted by Gasteiger charge is 2.29. The van der Waals surface area contributed by atoms with Crippen LogP contribution in [0.1, 0.15) is 28.9 Å². The zero-order valence-electron chi connectivity index (χ0n) is 14.9. The molecule has 1 aromatic carbocycles. The monoisotopic (exact) mass is 337 g/mol. The Morgan fingerprint density at radius 3 is 2.96 bits per heavy atom. The van der Waals surface area contributed by atoms with E-state index < -0.39 is 0 Å². The van der Waals surface area contributed by atoms with Crippen LogP contribution in [0.25, 0.3) is 0 Å². The number of amides is 1. The Balaban J connectivity index is 1.65. The lowest BCUT2D eigenvalue weighted by Crippen LogP contribution is -2.37. The zero-order valence-corrected chi connectivity index (χ0v) is 14.9. The second-order valence-electron chi connectivity index (χ2n) is 6.64. The maximum absolute atomic E-state index is 12.6. The van der Waals surface area contributed by atoms with Gasteiger partial charge in [-0.3, -0.25) is 9.89 Å². The molecule has 25 heavy (non-hydrogen) atoms. The summed E-state index contributed by atoms with van der Waals surface area (Å²) in [4.78, 5) is 16.7. The van der Waals surface area contributed by atoms with Crippen molar-refractivity contribution in [1.29, 1.82) is 5.26 Å². The van der Waals surface area contributed by atoms with Crippen LogP contribution in [-0.2, 0) is 11.2 Å². The molecular weight excluding hydrogens is 314 g/mol. The standard InChI is InChI=1S/C19H23N5O/c1-13-18(14(2)22-21-13)10-19(25)24-8-7-17(12-24)23(3)16-6-4-5-15(9-16)11-20/h4-6,9,17H,7-8,10,12H2,1-3H3,(H,21,22). The van der Waals surface area contributed by atoms with Crippen molar-refractivity contribution in [2.45, 2.75) is 32.7 Å². The normalized spacial score (nSPS) is 16.7. The van der Waals surface area contributed by atoms with E-state index in [1.54, 1.807) is 6.07 Å². The lowest BCUT2D eigenvalue weighted by molar-refractivity contribution is -0.129. The number of aromatic nitrogens is 2. The third-order valence-electron chi connectivity index (χ3n) is 5.06. The molecule has 1 unspecified atom stereocenters. The average Bonchev–Trinajstić information content (AvgIpc) is 3.23. The third-order valence-corrected chi connectivity index (χ3v) is 5.06. The number of hydrogen-bond acceptors (Lipinski definition) is 4. The van der Waals surface area contributed by atoms with Crippen molar-refractivity contribution in [3.8, 4) is 6.07 Å². The number of anilines is 1. The summed E-state index contributed by atoms with van der Waals surface area (Å²) in [5.74, 6) is 0.147. The molecule has 0 radical (unpaired) electrons. The van der Waals surface area contributed by atoms with Crippen LogP contribution in [0.5, 0.6) is 0 Å². The number of nitriles is 1. The molecule has 3 rings (SSSR count). The van der Waals surface area contributed by atoms with Gasteiger partial charge in [0.25, 0.3) is 0 Å². The van der Waals surface area contributed by atoms with Crippen LogP contribution in [0.15, 0.2) is 24.3 Å². The quantitative estimate of drug-likeness (QED) is 0.928. The summed E-state index contributed by atoms with van der Waals surface area (Å²) >= 11 is 0. The van der Waals surface area contributed by atoms with Gasteiger partial charge >= 0.3 is 0 Å². The first kappa shape index (κ1) is 17.0. The lowest BCUT2D eigenvalue weighted by Gasteiger charge is -2.27. The van der Waals surface area contributed by atoms with Gasteiger partial charge in [0.05, 0.1) is 23.7 Å². The molecule has 6 heteroatoms. The van der Waals surface area contributed by atoms with Crippen LogP contribution in [-0.4, -0.2) is 47.2 Å². The van der Waals surface area contributed by atoms with Crippen molar-refractivity contribution in [3.05, 3.63) is 46.8 Å². The molecule has 1 aromatic heterocycles. The number of aromatic amines is 1. The Labute approximate surface area is 148 Å². The summed E-state index contributed by atoms with van der Waals surface area (Å²) in [6, 6.07) is 10.0. The minimum absolute atomic E-state index is 0.147. The molecule has 1 saturated heterocycles. The smallest absolute Gasteiger partial charge is 0.227 e. The minimum Gasteiger partial charge on any atom is -0.370 e. The molecule has 0 saturated carbocycles. The van der Waals surface area contributed by atoms with Gasteiger partial charge in [0, 0.05) is 43.1 Å². The molecule has 0 spiro atoms. The van der Waals surface area contributed by atoms with Gasteiger partial charge in [0.15, 0.2) is 0 Å². The molecule has 1 aliphatic rings. The highest BCUT2D eigenvalue weighted by atomic mass is 16.2. The van der Waals surface area contributed by atoms with E-state index in [0.29, 0.717) is 18.5 Å². The van der Waals surface area contributed by atoms with E-state index in [0.717, 1.165) is 35.6 Å². The van der Waals surface area contributed by atoms with Crippen LogP contribution in [0.2, 0.25) is 0 Å². The lowest BCUT2D eigenvalue weighted by atomic mass is 10.1. The minimum atomic E-state index is 0.147. The Kier molecular flexibility index (Phi) is 4.75. The molecule has 6 nitrogen and oxygen atoms in total. The van der Waals surface area contributed by atoms with Crippen LogP contribution in [0, 0.1) is 25.2 Å². The Morgan fingerprint density at radius 2 is 2.28 bits per heavy atom. The topological polar surface area (TPSA) is 76.0 Å². The number of carbonyl (C=O) groups is 1. The predicted molar refractivity (Wildman–Crippen MR) is 96.3 cm³/mol. The molecule has 0 aliphatic carbocycles. The van der Waals surface area contributed by atoms with Crippen LogP contribution in [0.4, 0.5) is 5.69 Å². The van der Waals surface area contributed by atoms with Crippen molar-refractivity contribution in [2.24, 2.45) is 0 Å².